The monoisotopic (exact) mass is 450 g/mol. The van der Waals surface area contributed by atoms with E-state index in [4.69, 9.17) is 5.11 Å². The summed E-state index contributed by atoms with van der Waals surface area (Å²) < 4.78 is 31.0. The minimum absolute atomic E-state index is 0.0262. The molecule has 0 aliphatic carbocycles. The predicted molar refractivity (Wildman–Crippen MR) is 127 cm³/mol. The van der Waals surface area contributed by atoms with E-state index in [1.807, 2.05) is 30.3 Å². The number of para-hydroxylation sites is 1. The van der Waals surface area contributed by atoms with Crippen molar-refractivity contribution in [2.75, 3.05) is 6.54 Å². The maximum atomic E-state index is 15.5. The van der Waals surface area contributed by atoms with Crippen molar-refractivity contribution in [3.8, 4) is 0 Å². The number of carbonyl (C=O) groups is 1. The molecule has 4 nitrogen and oxygen atoms in total. The van der Waals surface area contributed by atoms with E-state index in [1.165, 1.54) is 18.2 Å². The molecular weight excluding hydrogens is 422 g/mol. The van der Waals surface area contributed by atoms with Gasteiger partial charge in [0.15, 0.2) is 0 Å². The summed E-state index contributed by atoms with van der Waals surface area (Å²) in [6.45, 7) is 8.67. The van der Waals surface area contributed by atoms with Crippen LogP contribution in [-0.2, 0) is 11.2 Å². The van der Waals surface area contributed by atoms with Gasteiger partial charge < -0.3 is 10.1 Å². The van der Waals surface area contributed by atoms with Gasteiger partial charge in [0.1, 0.15) is 11.6 Å². The Hall–Kier alpha value is -3.25. The van der Waals surface area contributed by atoms with Crippen molar-refractivity contribution in [1.29, 1.82) is 0 Å². The third-order valence-corrected chi connectivity index (χ3v) is 6.42. The van der Waals surface area contributed by atoms with E-state index in [1.54, 1.807) is 0 Å². The SMILES string of the molecule is C=CCCCN1C(c2c(F)cc(/C=C/C(=O)O)cc2F)c2[nH]c3ccccc3c2CC1(C)C. The van der Waals surface area contributed by atoms with Crippen LogP contribution < -0.4 is 0 Å². The third kappa shape index (κ3) is 4.35. The lowest BCUT2D eigenvalue weighted by atomic mass is 9.81. The Kier molecular flexibility index (Phi) is 6.21. The summed E-state index contributed by atoms with van der Waals surface area (Å²) in [4.78, 5) is 16.4. The van der Waals surface area contributed by atoms with Crippen LogP contribution in [0.25, 0.3) is 17.0 Å². The summed E-state index contributed by atoms with van der Waals surface area (Å²) in [5.74, 6) is -2.56. The van der Waals surface area contributed by atoms with Crippen molar-refractivity contribution in [2.45, 2.75) is 44.7 Å². The molecule has 1 unspecified atom stereocenters. The Labute approximate surface area is 192 Å². The van der Waals surface area contributed by atoms with E-state index in [2.05, 4.69) is 30.3 Å². The molecule has 1 aliphatic heterocycles. The molecule has 0 saturated carbocycles. The number of carboxylic acids is 1. The number of allylic oxidation sites excluding steroid dienone is 1. The fourth-order valence-electron chi connectivity index (χ4n) is 4.95. The van der Waals surface area contributed by atoms with Crippen molar-refractivity contribution in [2.24, 2.45) is 0 Å². The summed E-state index contributed by atoms with van der Waals surface area (Å²) in [5.41, 5.74) is 2.63. The lowest BCUT2D eigenvalue weighted by Gasteiger charge is -2.48. The van der Waals surface area contributed by atoms with Gasteiger partial charge in [-0.3, -0.25) is 4.90 Å². The van der Waals surface area contributed by atoms with Crippen LogP contribution in [0.3, 0.4) is 0 Å². The number of carboxylic acid groups (broad SMARTS) is 1. The summed E-state index contributed by atoms with van der Waals surface area (Å²) in [5, 5.41) is 9.92. The number of nitrogens with one attached hydrogen (secondary N) is 1. The fourth-order valence-corrected chi connectivity index (χ4v) is 4.95. The topological polar surface area (TPSA) is 56.3 Å². The van der Waals surface area contributed by atoms with E-state index < -0.39 is 23.6 Å². The molecule has 0 saturated heterocycles. The highest BCUT2D eigenvalue weighted by molar-refractivity contribution is 5.86. The second-order valence-electron chi connectivity index (χ2n) is 9.15. The predicted octanol–water partition coefficient (Wildman–Crippen LogP) is 6.24. The minimum atomic E-state index is -1.18. The van der Waals surface area contributed by atoms with Crippen LogP contribution in [0.1, 0.15) is 55.1 Å². The standard InChI is InChI=1S/C27H28F2N2O2/c1-4-5-8-13-31-26(24-20(28)14-17(15-21(24)29)11-12-23(32)33)25-19(16-27(31,2)3)18-9-6-7-10-22(18)30-25/h4,6-7,9-12,14-15,26,30H,1,5,8,13,16H2,2-3H3,(H,32,33)/b12-11+. The van der Waals surface area contributed by atoms with Gasteiger partial charge >= 0.3 is 5.97 Å². The molecule has 2 aromatic carbocycles. The molecule has 0 fully saturated rings. The van der Waals surface area contributed by atoms with Crippen LogP contribution in [0, 0.1) is 11.6 Å². The molecule has 2 N–H and O–H groups in total. The number of unbranched alkanes of at least 4 members (excludes halogenated alkanes) is 1. The summed E-state index contributed by atoms with van der Waals surface area (Å²) >= 11 is 0. The first-order valence-corrected chi connectivity index (χ1v) is 11.1. The van der Waals surface area contributed by atoms with Crippen molar-refractivity contribution in [3.63, 3.8) is 0 Å². The first-order valence-electron chi connectivity index (χ1n) is 11.1. The van der Waals surface area contributed by atoms with Crippen molar-refractivity contribution >= 4 is 22.9 Å². The van der Waals surface area contributed by atoms with Crippen LogP contribution in [0.2, 0.25) is 0 Å². The van der Waals surface area contributed by atoms with E-state index in [-0.39, 0.29) is 16.7 Å². The van der Waals surface area contributed by atoms with Gasteiger partial charge in [0.2, 0.25) is 0 Å². The van der Waals surface area contributed by atoms with Gasteiger partial charge in [-0.1, -0.05) is 24.3 Å². The Morgan fingerprint density at radius 2 is 1.97 bits per heavy atom. The number of aromatic amines is 1. The second kappa shape index (κ2) is 8.94. The number of aliphatic carboxylic acids is 1. The molecule has 1 atom stereocenters. The number of benzene rings is 2. The van der Waals surface area contributed by atoms with Gasteiger partial charge in [-0.05, 0) is 75.1 Å². The highest BCUT2D eigenvalue weighted by atomic mass is 19.1. The second-order valence-corrected chi connectivity index (χ2v) is 9.15. The Balaban J connectivity index is 1.91. The van der Waals surface area contributed by atoms with Gasteiger partial charge in [-0.25, -0.2) is 13.6 Å². The number of halogens is 2. The van der Waals surface area contributed by atoms with E-state index in [0.717, 1.165) is 47.5 Å². The lowest BCUT2D eigenvalue weighted by molar-refractivity contribution is -0.131. The van der Waals surface area contributed by atoms with Crippen molar-refractivity contribution in [3.05, 3.63) is 89.1 Å². The molecule has 0 spiro atoms. The molecule has 0 amide bonds. The first-order chi connectivity index (χ1) is 15.7. The molecule has 4 rings (SSSR count). The van der Waals surface area contributed by atoms with Crippen LogP contribution in [0.5, 0.6) is 0 Å². The molecule has 0 radical (unpaired) electrons. The zero-order chi connectivity index (χ0) is 23.8. The van der Waals surface area contributed by atoms with Gasteiger partial charge in [0.05, 0.1) is 6.04 Å². The minimum Gasteiger partial charge on any atom is -0.478 e. The van der Waals surface area contributed by atoms with Gasteiger partial charge in [0, 0.05) is 33.8 Å². The van der Waals surface area contributed by atoms with E-state index >= 15 is 8.78 Å². The van der Waals surface area contributed by atoms with Crippen LogP contribution in [-0.4, -0.2) is 33.0 Å². The normalized spacial score (nSPS) is 18.0. The first kappa shape index (κ1) is 22.9. The maximum absolute atomic E-state index is 15.5. The Bertz CT molecular complexity index is 1220. The average Bonchev–Trinajstić information content (AvgIpc) is 3.10. The Morgan fingerprint density at radius 3 is 2.64 bits per heavy atom. The fraction of sp³-hybridized carbons (Fsp3) is 0.296. The van der Waals surface area contributed by atoms with E-state index in [9.17, 15) is 4.79 Å². The Morgan fingerprint density at radius 1 is 1.27 bits per heavy atom. The highest BCUT2D eigenvalue weighted by Crippen LogP contribution is 2.46. The average molecular weight is 451 g/mol. The zero-order valence-electron chi connectivity index (χ0n) is 18.9. The number of fused-ring (bicyclic) bond motifs is 3. The number of nitrogens with zero attached hydrogens (tertiary/aromatic N) is 1. The van der Waals surface area contributed by atoms with Crippen molar-refractivity contribution in [1.82, 2.24) is 9.88 Å². The largest absolute Gasteiger partial charge is 0.478 e. The summed E-state index contributed by atoms with van der Waals surface area (Å²) in [6.07, 6.45) is 6.30. The quantitative estimate of drug-likeness (QED) is 0.255. The molecule has 3 aromatic rings. The van der Waals surface area contributed by atoms with Gasteiger partial charge in [-0.15, -0.1) is 6.58 Å². The third-order valence-electron chi connectivity index (χ3n) is 6.42. The van der Waals surface area contributed by atoms with Crippen LogP contribution in [0.4, 0.5) is 8.78 Å². The summed E-state index contributed by atoms with van der Waals surface area (Å²) in [7, 11) is 0. The smallest absolute Gasteiger partial charge is 0.328 e. The molecule has 172 valence electrons. The molecule has 1 aliphatic rings. The molecular formula is C27H28F2N2O2. The molecule has 6 heteroatoms. The molecule has 33 heavy (non-hydrogen) atoms. The maximum Gasteiger partial charge on any atom is 0.328 e. The molecule has 0 bridgehead atoms. The van der Waals surface area contributed by atoms with Crippen LogP contribution in [0.15, 0.2) is 55.1 Å². The summed E-state index contributed by atoms with van der Waals surface area (Å²) in [6, 6.07) is 9.69. The zero-order valence-corrected chi connectivity index (χ0v) is 18.9. The molecule has 1 aromatic heterocycles. The molecule has 2 heterocycles. The number of aromatic nitrogens is 1. The van der Waals surface area contributed by atoms with Crippen LogP contribution >= 0.6 is 0 Å². The van der Waals surface area contributed by atoms with Gasteiger partial charge in [-0.2, -0.15) is 0 Å². The number of hydrogen-bond acceptors (Lipinski definition) is 2. The number of rotatable bonds is 7. The number of H-pyrrole nitrogens is 1. The van der Waals surface area contributed by atoms with Gasteiger partial charge in [0.25, 0.3) is 0 Å². The lowest BCUT2D eigenvalue weighted by Crippen LogP contribution is -2.52. The number of hydrogen-bond donors (Lipinski definition) is 2. The van der Waals surface area contributed by atoms with E-state index in [0.29, 0.717) is 6.54 Å². The van der Waals surface area contributed by atoms with Crippen molar-refractivity contribution < 1.29 is 18.7 Å². The highest BCUT2D eigenvalue weighted by Gasteiger charge is 2.43.